The second-order valence-electron chi connectivity index (χ2n) is 6.83. The van der Waals surface area contributed by atoms with Gasteiger partial charge in [0.1, 0.15) is 0 Å². The smallest absolute Gasteiger partial charge is 0.160 e. The average molecular weight is 339 g/mol. The predicted octanol–water partition coefficient (Wildman–Crippen LogP) is 4.69. The number of nitrogens with zero attached hydrogens (tertiary/aromatic N) is 1. The summed E-state index contributed by atoms with van der Waals surface area (Å²) in [5, 5.41) is 0. The molecule has 2 aromatic rings. The van der Waals surface area contributed by atoms with Crippen LogP contribution in [0, 0.1) is 0 Å². The fraction of sp³-hybridized carbons (Fsp3) is 0.455. The summed E-state index contributed by atoms with van der Waals surface area (Å²) in [5.41, 5.74) is 2.78. The summed E-state index contributed by atoms with van der Waals surface area (Å²) >= 11 is 0. The number of methoxy groups -OCH3 is 2. The lowest BCUT2D eigenvalue weighted by molar-refractivity contribution is 0.189. The van der Waals surface area contributed by atoms with Crippen molar-refractivity contribution >= 4 is 0 Å². The fourth-order valence-corrected chi connectivity index (χ4v) is 4.06. The second kappa shape index (κ2) is 8.39. The molecule has 1 aliphatic heterocycles. The molecule has 25 heavy (non-hydrogen) atoms. The van der Waals surface area contributed by atoms with Gasteiger partial charge in [-0.3, -0.25) is 0 Å². The van der Waals surface area contributed by atoms with E-state index in [1.165, 1.54) is 37.1 Å². The summed E-state index contributed by atoms with van der Waals surface area (Å²) in [7, 11) is 3.40. The van der Waals surface area contributed by atoms with Gasteiger partial charge in [0.05, 0.1) is 14.2 Å². The lowest BCUT2D eigenvalue weighted by Gasteiger charge is -2.39. The summed E-state index contributed by atoms with van der Waals surface area (Å²) in [6.45, 7) is 5.71. The predicted molar refractivity (Wildman–Crippen MR) is 103 cm³/mol. The number of hydrogen-bond acceptors (Lipinski definition) is 3. The van der Waals surface area contributed by atoms with E-state index in [9.17, 15) is 0 Å². The SMILES string of the molecule is CCCN1CC[C@@H](c2ccccc2)[C@H](c2ccc(OC)c(OC)c2)C1. The van der Waals surface area contributed by atoms with Crippen LogP contribution in [0.25, 0.3) is 0 Å². The lowest BCUT2D eigenvalue weighted by Crippen LogP contribution is -2.38. The molecule has 1 fully saturated rings. The van der Waals surface area contributed by atoms with Gasteiger partial charge in [0.2, 0.25) is 0 Å². The van der Waals surface area contributed by atoms with E-state index < -0.39 is 0 Å². The topological polar surface area (TPSA) is 21.7 Å². The van der Waals surface area contributed by atoms with E-state index in [1.807, 2.05) is 6.07 Å². The van der Waals surface area contributed by atoms with E-state index in [2.05, 4.69) is 54.3 Å². The molecule has 0 bridgehead atoms. The molecule has 0 amide bonds. The average Bonchev–Trinajstić information content (AvgIpc) is 2.68. The van der Waals surface area contributed by atoms with Gasteiger partial charge in [-0.2, -0.15) is 0 Å². The number of rotatable bonds is 6. The first-order chi connectivity index (χ1) is 12.3. The van der Waals surface area contributed by atoms with Crippen LogP contribution in [0.4, 0.5) is 0 Å². The number of benzene rings is 2. The molecule has 1 aliphatic rings. The van der Waals surface area contributed by atoms with Crippen molar-refractivity contribution in [3.8, 4) is 11.5 Å². The molecule has 3 rings (SSSR count). The normalized spacial score (nSPS) is 21.1. The summed E-state index contributed by atoms with van der Waals surface area (Å²) in [4.78, 5) is 2.60. The number of ether oxygens (including phenoxy) is 2. The molecule has 0 unspecified atom stereocenters. The van der Waals surface area contributed by atoms with E-state index in [0.29, 0.717) is 11.8 Å². The van der Waals surface area contributed by atoms with E-state index >= 15 is 0 Å². The third kappa shape index (κ3) is 3.98. The van der Waals surface area contributed by atoms with Gasteiger partial charge < -0.3 is 14.4 Å². The van der Waals surface area contributed by atoms with E-state index in [1.54, 1.807) is 14.2 Å². The molecular formula is C22H29NO2. The van der Waals surface area contributed by atoms with Crippen molar-refractivity contribution in [3.05, 3.63) is 59.7 Å². The van der Waals surface area contributed by atoms with Crippen LogP contribution >= 0.6 is 0 Å². The summed E-state index contributed by atoms with van der Waals surface area (Å²) in [6.07, 6.45) is 2.40. The molecule has 2 atom stereocenters. The van der Waals surface area contributed by atoms with Crippen LogP contribution in [0.3, 0.4) is 0 Å². The molecule has 0 N–H and O–H groups in total. The lowest BCUT2D eigenvalue weighted by atomic mass is 9.76. The van der Waals surface area contributed by atoms with Crippen LogP contribution in [-0.4, -0.2) is 38.8 Å². The quantitative estimate of drug-likeness (QED) is 0.762. The summed E-state index contributed by atoms with van der Waals surface area (Å²) in [5.74, 6) is 2.64. The van der Waals surface area contributed by atoms with Gasteiger partial charge in [0.25, 0.3) is 0 Å². The van der Waals surface area contributed by atoms with Gasteiger partial charge in [-0.25, -0.2) is 0 Å². The minimum Gasteiger partial charge on any atom is -0.493 e. The van der Waals surface area contributed by atoms with Crippen molar-refractivity contribution in [1.82, 2.24) is 4.90 Å². The van der Waals surface area contributed by atoms with Crippen LogP contribution in [0.15, 0.2) is 48.5 Å². The largest absolute Gasteiger partial charge is 0.493 e. The zero-order valence-corrected chi connectivity index (χ0v) is 15.6. The molecule has 3 nitrogen and oxygen atoms in total. The molecule has 0 spiro atoms. The highest BCUT2D eigenvalue weighted by Crippen LogP contribution is 2.42. The van der Waals surface area contributed by atoms with Crippen molar-refractivity contribution in [2.75, 3.05) is 33.9 Å². The first-order valence-corrected chi connectivity index (χ1v) is 9.26. The third-order valence-electron chi connectivity index (χ3n) is 5.30. The Morgan fingerprint density at radius 2 is 1.68 bits per heavy atom. The number of likely N-dealkylation sites (tertiary alicyclic amines) is 1. The van der Waals surface area contributed by atoms with Gasteiger partial charge in [-0.05, 0) is 55.1 Å². The Kier molecular flexibility index (Phi) is 5.98. The first-order valence-electron chi connectivity index (χ1n) is 9.26. The van der Waals surface area contributed by atoms with Crippen molar-refractivity contribution in [1.29, 1.82) is 0 Å². The Bertz CT molecular complexity index is 671. The maximum atomic E-state index is 5.54. The van der Waals surface area contributed by atoms with Crippen LogP contribution in [-0.2, 0) is 0 Å². The highest BCUT2D eigenvalue weighted by atomic mass is 16.5. The Balaban J connectivity index is 1.94. The maximum Gasteiger partial charge on any atom is 0.160 e. The van der Waals surface area contributed by atoms with Crippen molar-refractivity contribution in [2.45, 2.75) is 31.6 Å². The summed E-state index contributed by atoms with van der Waals surface area (Å²) < 4.78 is 11.0. The molecule has 1 heterocycles. The highest BCUT2D eigenvalue weighted by molar-refractivity contribution is 5.45. The van der Waals surface area contributed by atoms with E-state index in [0.717, 1.165) is 18.0 Å². The highest BCUT2D eigenvalue weighted by Gasteiger charge is 2.31. The number of piperidine rings is 1. The molecule has 3 heteroatoms. The number of hydrogen-bond donors (Lipinski definition) is 0. The summed E-state index contributed by atoms with van der Waals surface area (Å²) in [6, 6.07) is 17.4. The van der Waals surface area contributed by atoms with E-state index in [-0.39, 0.29) is 0 Å². The fourth-order valence-electron chi connectivity index (χ4n) is 4.06. The zero-order chi connectivity index (χ0) is 17.6. The van der Waals surface area contributed by atoms with E-state index in [4.69, 9.17) is 9.47 Å². The van der Waals surface area contributed by atoms with Gasteiger partial charge >= 0.3 is 0 Å². The molecule has 134 valence electrons. The standard InChI is InChI=1S/C22H29NO2/c1-4-13-23-14-12-19(17-8-6-5-7-9-17)20(16-23)18-10-11-21(24-2)22(15-18)25-3/h5-11,15,19-20H,4,12-14,16H2,1-3H3/t19-,20-/m0/s1. The van der Waals surface area contributed by atoms with Crippen LogP contribution < -0.4 is 9.47 Å². The maximum absolute atomic E-state index is 5.54. The second-order valence-corrected chi connectivity index (χ2v) is 6.83. The van der Waals surface area contributed by atoms with Crippen molar-refractivity contribution < 1.29 is 9.47 Å². The van der Waals surface area contributed by atoms with Crippen LogP contribution in [0.2, 0.25) is 0 Å². The zero-order valence-electron chi connectivity index (χ0n) is 15.6. The molecule has 0 aliphatic carbocycles. The monoisotopic (exact) mass is 339 g/mol. The molecule has 0 radical (unpaired) electrons. The van der Waals surface area contributed by atoms with Crippen molar-refractivity contribution in [3.63, 3.8) is 0 Å². The minimum absolute atomic E-state index is 0.475. The molecular weight excluding hydrogens is 310 g/mol. The Morgan fingerprint density at radius 1 is 0.920 bits per heavy atom. The minimum atomic E-state index is 0.475. The van der Waals surface area contributed by atoms with Crippen LogP contribution in [0.1, 0.15) is 42.7 Å². The van der Waals surface area contributed by atoms with Crippen molar-refractivity contribution in [2.24, 2.45) is 0 Å². The molecule has 0 saturated carbocycles. The van der Waals surface area contributed by atoms with Gasteiger partial charge in [0.15, 0.2) is 11.5 Å². The molecule has 1 saturated heterocycles. The Labute approximate surface area is 151 Å². The Morgan fingerprint density at radius 3 is 2.36 bits per heavy atom. The molecule has 0 aromatic heterocycles. The van der Waals surface area contributed by atoms with Crippen LogP contribution in [0.5, 0.6) is 11.5 Å². The third-order valence-corrected chi connectivity index (χ3v) is 5.30. The first kappa shape index (κ1) is 17.8. The molecule has 2 aromatic carbocycles. The van der Waals surface area contributed by atoms with Gasteiger partial charge in [0, 0.05) is 12.5 Å². The van der Waals surface area contributed by atoms with Gasteiger partial charge in [-0.15, -0.1) is 0 Å². The Hall–Kier alpha value is -2.00. The van der Waals surface area contributed by atoms with Gasteiger partial charge in [-0.1, -0.05) is 43.3 Å².